The molecule has 0 unspecified atom stereocenters. The molecule has 0 fully saturated rings. The fourth-order valence-electron chi connectivity index (χ4n) is 2.94. The second-order valence-electron chi connectivity index (χ2n) is 6.35. The molecule has 0 aliphatic carbocycles. The number of ether oxygens (including phenoxy) is 2. The summed E-state index contributed by atoms with van der Waals surface area (Å²) in [6.07, 6.45) is 0. The standard InChI is InChI=1S/C21H17N3O5S2/c1-3-29-20(27)12-8-9-14-16(10-12)31-21(24(14)11-17(25)28-2)23-18(26)19-22-13-6-4-5-7-15(13)30-19/h4-10H,3,11H2,1-2H3. The number of nitrogens with zero attached hydrogens (tertiary/aromatic N) is 3. The third-order valence-electron chi connectivity index (χ3n) is 4.38. The first-order valence-corrected chi connectivity index (χ1v) is 11.0. The molecule has 4 rings (SSSR count). The SMILES string of the molecule is CCOC(=O)c1ccc2c(c1)sc(=NC(=O)c1nc3ccccc3s1)n2CC(=O)OC. The van der Waals surface area contributed by atoms with Crippen molar-refractivity contribution in [1.29, 1.82) is 0 Å². The van der Waals surface area contributed by atoms with E-state index in [1.165, 1.54) is 29.8 Å². The molecule has 0 aliphatic rings. The minimum absolute atomic E-state index is 0.124. The lowest BCUT2D eigenvalue weighted by molar-refractivity contribution is -0.141. The van der Waals surface area contributed by atoms with E-state index in [0.717, 1.165) is 10.2 Å². The molecule has 4 aromatic rings. The Kier molecular flexibility index (Phi) is 5.92. The number of esters is 2. The average Bonchev–Trinajstić information content (AvgIpc) is 3.35. The van der Waals surface area contributed by atoms with Crippen LogP contribution in [0.15, 0.2) is 47.5 Å². The first-order chi connectivity index (χ1) is 15.0. The summed E-state index contributed by atoms with van der Waals surface area (Å²) in [6.45, 7) is 1.87. The van der Waals surface area contributed by atoms with Crippen LogP contribution in [0.2, 0.25) is 0 Å². The fourth-order valence-corrected chi connectivity index (χ4v) is 4.86. The number of aromatic nitrogens is 2. The zero-order chi connectivity index (χ0) is 22.0. The maximum Gasteiger partial charge on any atom is 0.338 e. The number of carbonyl (C=O) groups is 3. The molecule has 31 heavy (non-hydrogen) atoms. The van der Waals surface area contributed by atoms with Crippen LogP contribution in [0.25, 0.3) is 20.4 Å². The number of hydrogen-bond donors (Lipinski definition) is 0. The van der Waals surface area contributed by atoms with E-state index in [1.54, 1.807) is 29.7 Å². The number of hydrogen-bond acceptors (Lipinski definition) is 8. The van der Waals surface area contributed by atoms with Crippen LogP contribution in [0.4, 0.5) is 0 Å². The lowest BCUT2D eigenvalue weighted by atomic mass is 10.2. The molecule has 0 saturated carbocycles. The zero-order valence-electron chi connectivity index (χ0n) is 16.7. The summed E-state index contributed by atoms with van der Waals surface area (Å²) >= 11 is 2.45. The van der Waals surface area contributed by atoms with E-state index in [-0.39, 0.29) is 18.2 Å². The molecule has 0 aliphatic heterocycles. The van der Waals surface area contributed by atoms with Crippen molar-refractivity contribution in [2.24, 2.45) is 4.99 Å². The van der Waals surface area contributed by atoms with E-state index in [9.17, 15) is 14.4 Å². The van der Waals surface area contributed by atoms with Crippen molar-refractivity contribution in [3.05, 3.63) is 57.8 Å². The minimum Gasteiger partial charge on any atom is -0.468 e. The highest BCUT2D eigenvalue weighted by Crippen LogP contribution is 2.23. The van der Waals surface area contributed by atoms with Crippen LogP contribution in [0.3, 0.4) is 0 Å². The van der Waals surface area contributed by atoms with Crippen molar-refractivity contribution in [3.63, 3.8) is 0 Å². The molecule has 0 atom stereocenters. The molecule has 158 valence electrons. The Morgan fingerprint density at radius 1 is 1.10 bits per heavy atom. The molecule has 2 aromatic carbocycles. The lowest BCUT2D eigenvalue weighted by Gasteiger charge is -2.04. The van der Waals surface area contributed by atoms with Gasteiger partial charge in [-0.05, 0) is 37.3 Å². The molecule has 0 bridgehead atoms. The number of thiazole rings is 2. The van der Waals surface area contributed by atoms with Gasteiger partial charge in [-0.1, -0.05) is 23.5 Å². The number of fused-ring (bicyclic) bond motifs is 2. The number of para-hydroxylation sites is 1. The Bertz CT molecular complexity index is 1350. The number of carbonyl (C=O) groups excluding carboxylic acids is 3. The van der Waals surface area contributed by atoms with E-state index in [4.69, 9.17) is 9.47 Å². The summed E-state index contributed by atoms with van der Waals surface area (Å²) in [7, 11) is 1.29. The van der Waals surface area contributed by atoms with Gasteiger partial charge in [0.25, 0.3) is 0 Å². The maximum absolute atomic E-state index is 12.8. The van der Waals surface area contributed by atoms with Gasteiger partial charge in [-0.25, -0.2) is 9.78 Å². The van der Waals surface area contributed by atoms with Gasteiger partial charge in [0.05, 0.1) is 39.7 Å². The van der Waals surface area contributed by atoms with Gasteiger partial charge in [-0.2, -0.15) is 4.99 Å². The van der Waals surface area contributed by atoms with E-state index in [2.05, 4.69) is 9.98 Å². The molecule has 1 amide bonds. The first kappa shape index (κ1) is 20.9. The van der Waals surface area contributed by atoms with Gasteiger partial charge >= 0.3 is 17.8 Å². The lowest BCUT2D eigenvalue weighted by Crippen LogP contribution is -2.22. The third kappa shape index (κ3) is 4.25. The molecule has 0 radical (unpaired) electrons. The summed E-state index contributed by atoms with van der Waals surface area (Å²) in [5.74, 6) is -1.43. The highest BCUT2D eigenvalue weighted by atomic mass is 32.1. The number of methoxy groups -OCH3 is 1. The van der Waals surface area contributed by atoms with Crippen molar-refractivity contribution in [3.8, 4) is 0 Å². The molecule has 8 nitrogen and oxygen atoms in total. The highest BCUT2D eigenvalue weighted by molar-refractivity contribution is 7.20. The van der Waals surface area contributed by atoms with Crippen molar-refractivity contribution < 1.29 is 23.9 Å². The monoisotopic (exact) mass is 455 g/mol. The molecule has 10 heteroatoms. The molecular weight excluding hydrogens is 438 g/mol. The number of amides is 1. The van der Waals surface area contributed by atoms with Crippen molar-refractivity contribution in [1.82, 2.24) is 9.55 Å². The Balaban J connectivity index is 1.81. The van der Waals surface area contributed by atoms with E-state index in [1.807, 2.05) is 24.3 Å². The zero-order valence-corrected chi connectivity index (χ0v) is 18.3. The second kappa shape index (κ2) is 8.78. The normalized spacial score (nSPS) is 11.7. The smallest absolute Gasteiger partial charge is 0.338 e. The maximum atomic E-state index is 12.8. The van der Waals surface area contributed by atoms with E-state index < -0.39 is 17.8 Å². The fraction of sp³-hybridized carbons (Fsp3) is 0.190. The van der Waals surface area contributed by atoms with Gasteiger partial charge in [0, 0.05) is 0 Å². The van der Waals surface area contributed by atoms with Crippen molar-refractivity contribution in [2.45, 2.75) is 13.5 Å². The van der Waals surface area contributed by atoms with E-state index in [0.29, 0.717) is 20.6 Å². The summed E-state index contributed by atoms with van der Waals surface area (Å²) in [5.41, 5.74) is 1.76. The van der Waals surface area contributed by atoms with E-state index >= 15 is 0 Å². The summed E-state index contributed by atoms with van der Waals surface area (Å²) < 4.78 is 13.0. The summed E-state index contributed by atoms with van der Waals surface area (Å²) in [6, 6.07) is 12.4. The number of benzene rings is 2. The van der Waals surface area contributed by atoms with Crippen LogP contribution < -0.4 is 4.80 Å². The predicted octanol–water partition coefficient (Wildman–Crippen LogP) is 3.40. The van der Waals surface area contributed by atoms with Gasteiger partial charge in [-0.15, -0.1) is 11.3 Å². The highest BCUT2D eigenvalue weighted by Gasteiger charge is 2.16. The molecule has 0 spiro atoms. The van der Waals surface area contributed by atoms with Gasteiger partial charge in [0.1, 0.15) is 6.54 Å². The quantitative estimate of drug-likeness (QED) is 0.428. The van der Waals surface area contributed by atoms with Crippen LogP contribution in [0.1, 0.15) is 27.1 Å². The van der Waals surface area contributed by atoms with Crippen molar-refractivity contribution in [2.75, 3.05) is 13.7 Å². The summed E-state index contributed by atoms with van der Waals surface area (Å²) in [4.78, 5) is 45.7. The van der Waals surface area contributed by atoms with Crippen LogP contribution in [0.5, 0.6) is 0 Å². The topological polar surface area (TPSA) is 99.9 Å². The van der Waals surface area contributed by atoms with Gasteiger partial charge in [-0.3, -0.25) is 9.59 Å². The van der Waals surface area contributed by atoms with Crippen LogP contribution in [-0.2, 0) is 20.8 Å². The minimum atomic E-state index is -0.503. The largest absolute Gasteiger partial charge is 0.468 e. The predicted molar refractivity (Wildman–Crippen MR) is 117 cm³/mol. The van der Waals surface area contributed by atoms with Crippen molar-refractivity contribution >= 4 is 61.0 Å². The van der Waals surface area contributed by atoms with Crippen LogP contribution in [-0.4, -0.2) is 41.1 Å². The van der Waals surface area contributed by atoms with Crippen LogP contribution in [0, 0.1) is 0 Å². The molecule has 2 heterocycles. The molecule has 2 aromatic heterocycles. The van der Waals surface area contributed by atoms with Gasteiger partial charge < -0.3 is 14.0 Å². The Labute approximate surface area is 184 Å². The van der Waals surface area contributed by atoms with Gasteiger partial charge in [0.2, 0.25) is 0 Å². The Morgan fingerprint density at radius 3 is 2.65 bits per heavy atom. The Morgan fingerprint density at radius 2 is 1.90 bits per heavy atom. The van der Waals surface area contributed by atoms with Crippen LogP contribution >= 0.6 is 22.7 Å². The Hall–Kier alpha value is -3.37. The average molecular weight is 456 g/mol. The summed E-state index contributed by atoms with van der Waals surface area (Å²) in [5, 5.41) is 0.260. The number of rotatable bonds is 5. The molecular formula is C21H17N3O5S2. The van der Waals surface area contributed by atoms with Gasteiger partial charge in [0.15, 0.2) is 9.81 Å². The molecule has 0 N–H and O–H groups in total. The third-order valence-corrected chi connectivity index (χ3v) is 6.45. The first-order valence-electron chi connectivity index (χ1n) is 9.32. The molecule has 0 saturated heterocycles. The second-order valence-corrected chi connectivity index (χ2v) is 8.39.